The van der Waals surface area contributed by atoms with Crippen molar-refractivity contribution in [2.24, 2.45) is 9.98 Å². The second-order valence-electron chi connectivity index (χ2n) is 16.4. The molecule has 0 spiro atoms. The number of phenols is 8. The van der Waals surface area contributed by atoms with Gasteiger partial charge in [0.15, 0.2) is 28.8 Å². The Hall–Kier alpha value is -8.68. The van der Waals surface area contributed by atoms with Crippen LogP contribution >= 0.6 is 11.3 Å². The third-order valence-electron chi connectivity index (χ3n) is 12.7. The molecular formula is C54H40N4O8S. The molecule has 0 aliphatic heterocycles. The average Bonchev–Trinajstić information content (AvgIpc) is 4.03. The van der Waals surface area contributed by atoms with E-state index in [1.807, 2.05) is 86.7 Å². The number of fused-ring (bicyclic) bond motifs is 9. The van der Waals surface area contributed by atoms with Crippen molar-refractivity contribution in [1.29, 1.82) is 0 Å². The van der Waals surface area contributed by atoms with Crippen LogP contribution in [-0.2, 0) is 0 Å². The normalized spacial score (nSPS) is 13.9. The number of para-hydroxylation sites is 1. The highest BCUT2D eigenvalue weighted by Crippen LogP contribution is 2.59. The van der Waals surface area contributed by atoms with Gasteiger partial charge in [-0.1, -0.05) is 97.1 Å². The molecule has 13 heteroatoms. The molecule has 67 heavy (non-hydrogen) atoms. The Morgan fingerprint density at radius 1 is 0.567 bits per heavy atom. The van der Waals surface area contributed by atoms with Crippen molar-refractivity contribution in [1.82, 2.24) is 9.13 Å². The van der Waals surface area contributed by atoms with Crippen LogP contribution in [0.15, 0.2) is 149 Å². The monoisotopic (exact) mass is 904 g/mol. The fourth-order valence-corrected chi connectivity index (χ4v) is 10.6. The molecule has 330 valence electrons. The lowest BCUT2D eigenvalue weighted by Crippen LogP contribution is -2.06. The van der Waals surface area contributed by atoms with E-state index < -0.39 is 56.8 Å². The molecule has 11 rings (SSSR count). The predicted octanol–water partition coefficient (Wildman–Crippen LogP) is 12.4. The maximum absolute atomic E-state index is 11.4. The molecule has 3 aromatic heterocycles. The molecule has 8 N–H and O–H groups in total. The second-order valence-corrected chi connectivity index (χ2v) is 17.5. The van der Waals surface area contributed by atoms with Crippen molar-refractivity contribution in [3.8, 4) is 57.4 Å². The van der Waals surface area contributed by atoms with Gasteiger partial charge in [-0.2, -0.15) is 0 Å². The van der Waals surface area contributed by atoms with E-state index in [4.69, 9.17) is 9.98 Å². The van der Waals surface area contributed by atoms with Crippen LogP contribution < -0.4 is 0 Å². The molecule has 0 radical (unpaired) electrons. The van der Waals surface area contributed by atoms with Gasteiger partial charge in [0, 0.05) is 53.5 Å². The number of hydrogen-bond acceptors (Lipinski definition) is 10. The Morgan fingerprint density at radius 3 is 1.87 bits per heavy atom. The first-order chi connectivity index (χ1) is 32.5. The minimum atomic E-state index is -1.09. The summed E-state index contributed by atoms with van der Waals surface area (Å²) in [5.74, 6) is -7.33. The predicted molar refractivity (Wildman–Crippen MR) is 268 cm³/mol. The smallest absolute Gasteiger partial charge is 0.206 e. The highest BCUT2D eigenvalue weighted by molar-refractivity contribution is 7.25. The van der Waals surface area contributed by atoms with Crippen molar-refractivity contribution in [3.05, 3.63) is 150 Å². The maximum Gasteiger partial charge on any atom is 0.206 e. The molecular weight excluding hydrogens is 865 g/mol. The Labute approximate surface area is 385 Å². The molecule has 0 amide bonds. The van der Waals surface area contributed by atoms with E-state index in [1.165, 1.54) is 10.1 Å². The lowest BCUT2D eigenvalue weighted by atomic mass is 10.0. The fourth-order valence-electron chi connectivity index (χ4n) is 9.45. The molecule has 3 heterocycles. The number of phenolic OH excluding ortho intramolecular Hbond substituents is 8. The van der Waals surface area contributed by atoms with Crippen molar-refractivity contribution in [2.75, 3.05) is 0 Å². The molecule has 12 nitrogen and oxygen atoms in total. The summed E-state index contributed by atoms with van der Waals surface area (Å²) >= 11 is 1.66. The molecule has 0 atom stereocenters. The molecule has 1 aliphatic carbocycles. The summed E-state index contributed by atoms with van der Waals surface area (Å²) in [6.45, 7) is 4.02. The molecule has 0 fully saturated rings. The van der Waals surface area contributed by atoms with Gasteiger partial charge in [-0.25, -0.2) is 9.98 Å². The topological polar surface area (TPSA) is 196 Å². The van der Waals surface area contributed by atoms with E-state index in [0.717, 1.165) is 72.1 Å². The van der Waals surface area contributed by atoms with Gasteiger partial charge in [0.05, 0.1) is 33.2 Å². The molecule has 1 aliphatic rings. The minimum Gasteiger partial charge on any atom is -0.504 e. The molecule has 0 unspecified atom stereocenters. The van der Waals surface area contributed by atoms with E-state index in [2.05, 4.69) is 53.1 Å². The number of thiophene rings is 1. The summed E-state index contributed by atoms with van der Waals surface area (Å²) in [7, 11) is 0. The van der Waals surface area contributed by atoms with Crippen molar-refractivity contribution in [2.45, 2.75) is 26.7 Å². The largest absolute Gasteiger partial charge is 0.504 e. The number of benzene rings is 7. The Kier molecular flexibility index (Phi) is 9.49. The number of aromatic nitrogens is 2. The Balaban J connectivity index is 1.08. The number of allylic oxidation sites excluding steroid dienone is 5. The molecule has 0 saturated carbocycles. The first kappa shape index (κ1) is 41.1. The van der Waals surface area contributed by atoms with Gasteiger partial charge in [-0.05, 0) is 68.7 Å². The lowest BCUT2D eigenvalue weighted by Gasteiger charge is -2.14. The van der Waals surface area contributed by atoms with Gasteiger partial charge < -0.3 is 50.0 Å². The quantitative estimate of drug-likeness (QED) is 0.0349. The molecule has 0 bridgehead atoms. The van der Waals surface area contributed by atoms with Crippen molar-refractivity contribution >= 4 is 92.4 Å². The van der Waals surface area contributed by atoms with Crippen LogP contribution in [0.2, 0.25) is 0 Å². The third-order valence-corrected chi connectivity index (χ3v) is 13.8. The van der Waals surface area contributed by atoms with E-state index in [0.29, 0.717) is 22.4 Å². The highest BCUT2D eigenvalue weighted by atomic mass is 32.1. The summed E-state index contributed by atoms with van der Waals surface area (Å²) in [6, 6.07) is 35.7. The summed E-state index contributed by atoms with van der Waals surface area (Å²) in [4.78, 5) is 10.2. The first-order valence-corrected chi connectivity index (χ1v) is 22.3. The lowest BCUT2D eigenvalue weighted by molar-refractivity contribution is 0.350. The van der Waals surface area contributed by atoms with Gasteiger partial charge in [0.2, 0.25) is 23.0 Å². The first-order valence-electron chi connectivity index (χ1n) is 21.5. The van der Waals surface area contributed by atoms with E-state index in [1.54, 1.807) is 23.5 Å². The van der Waals surface area contributed by atoms with Crippen molar-refractivity contribution in [3.63, 3.8) is 0 Å². The average molecular weight is 905 g/mol. The zero-order valence-electron chi connectivity index (χ0n) is 35.9. The number of aromatic hydroxyl groups is 8. The summed E-state index contributed by atoms with van der Waals surface area (Å²) in [5, 5.41) is 90.7. The van der Waals surface area contributed by atoms with Crippen LogP contribution in [0.25, 0.3) is 80.9 Å². The van der Waals surface area contributed by atoms with Gasteiger partial charge in [0.25, 0.3) is 0 Å². The number of amidine groups is 1. The Bertz CT molecular complexity index is 3850. The molecule has 0 saturated heterocycles. The number of rotatable bonds is 6. The summed E-state index contributed by atoms with van der Waals surface area (Å²) in [5.41, 5.74) is 6.76. The Morgan fingerprint density at radius 2 is 1.19 bits per heavy atom. The molecule has 7 aromatic carbocycles. The third kappa shape index (κ3) is 6.19. The van der Waals surface area contributed by atoms with Crippen LogP contribution in [0.1, 0.15) is 37.8 Å². The van der Waals surface area contributed by atoms with Gasteiger partial charge in [0.1, 0.15) is 11.0 Å². The van der Waals surface area contributed by atoms with Crippen LogP contribution in [0.5, 0.6) is 46.0 Å². The zero-order valence-corrected chi connectivity index (χ0v) is 36.7. The number of nitrogens with zero attached hydrogens (tertiary/aromatic N) is 4. The summed E-state index contributed by atoms with van der Waals surface area (Å²) in [6.07, 6.45) is 10.3. The van der Waals surface area contributed by atoms with Crippen molar-refractivity contribution < 1.29 is 40.9 Å². The standard InChI is InChI=1S/C54H40N4O8S/c1-3-35(56-54(29-15-8-5-9-16-29)55-27(2)28-13-6-4-7-14-28)30-21-23-32-33-24-22-31(26-40(33)67-39(32)25-30)57-36-18-11-10-17-34(36)41-37(57)19-12-20-38(41)58-44-42(46(59)50(63)52(65)48(44)61)43-45(58)49(62)53(66)51(64)47(43)60/h3-6,8-13,15-26,59-66H,7,14H2,1-2H3/b35-3-,55-27+,56-54-. The van der Waals surface area contributed by atoms with Gasteiger partial charge >= 0.3 is 0 Å². The minimum absolute atomic E-state index is 0.296. The van der Waals surface area contributed by atoms with Crippen LogP contribution in [0.4, 0.5) is 0 Å². The molecule has 10 aromatic rings. The van der Waals surface area contributed by atoms with Crippen LogP contribution in [-0.4, -0.2) is 61.5 Å². The zero-order chi connectivity index (χ0) is 46.4. The van der Waals surface area contributed by atoms with E-state index >= 15 is 0 Å². The van der Waals surface area contributed by atoms with Crippen LogP contribution in [0.3, 0.4) is 0 Å². The van der Waals surface area contributed by atoms with Gasteiger partial charge in [-0.3, -0.25) is 0 Å². The second kappa shape index (κ2) is 15.5. The SMILES string of the molecule is C\C=C(/N=C(\N=C(/C)C1=CC=CCC1)c1ccccc1)c1ccc2c(c1)sc1cc(-n3c4ccccc4c4c(-n5c6c(O)c(O)c(O)c(O)c6c6c(O)c(O)c(O)c(O)c65)cccc43)ccc12. The summed E-state index contributed by atoms with van der Waals surface area (Å²) < 4.78 is 5.46. The maximum atomic E-state index is 11.4. The van der Waals surface area contributed by atoms with E-state index in [9.17, 15) is 40.9 Å². The highest BCUT2D eigenvalue weighted by Gasteiger charge is 2.33. The van der Waals surface area contributed by atoms with Crippen LogP contribution in [0, 0.1) is 0 Å². The van der Waals surface area contributed by atoms with E-state index in [-0.39, 0.29) is 11.0 Å². The fraction of sp³-hybridized carbons (Fsp3) is 0.0741. The van der Waals surface area contributed by atoms with Gasteiger partial charge in [-0.15, -0.1) is 11.3 Å². The number of hydrogen-bond donors (Lipinski definition) is 8. The number of aliphatic imine (C=N–C) groups is 2.